The Labute approximate surface area is 134 Å². The van der Waals surface area contributed by atoms with Crippen LogP contribution in [0.4, 0.5) is 0 Å². The van der Waals surface area contributed by atoms with Gasteiger partial charge in [-0.1, -0.05) is 12.1 Å². The molecule has 0 spiro atoms. The Morgan fingerprint density at radius 3 is 2.55 bits per heavy atom. The van der Waals surface area contributed by atoms with Crippen LogP contribution in [0.2, 0.25) is 0 Å². The van der Waals surface area contributed by atoms with Crippen molar-refractivity contribution in [2.75, 3.05) is 32.5 Å². The molecule has 0 aliphatic carbocycles. The topological polar surface area (TPSA) is 46.6 Å². The molecule has 0 aromatic heterocycles. The highest BCUT2D eigenvalue weighted by molar-refractivity contribution is 7.91. The predicted molar refractivity (Wildman–Crippen MR) is 90.3 cm³/mol. The van der Waals surface area contributed by atoms with Crippen molar-refractivity contribution >= 4 is 9.84 Å². The molecule has 1 aliphatic rings. The van der Waals surface area contributed by atoms with Crippen molar-refractivity contribution in [3.63, 3.8) is 0 Å². The summed E-state index contributed by atoms with van der Waals surface area (Å²) in [6, 6.07) is 8.28. The van der Waals surface area contributed by atoms with E-state index in [-0.39, 0.29) is 5.25 Å². The largest absolute Gasteiger partial charge is 0.497 e. The zero-order valence-electron chi connectivity index (χ0n) is 13.8. The third-order valence-electron chi connectivity index (χ3n) is 4.48. The number of hydrogen-bond acceptors (Lipinski definition) is 4. The summed E-state index contributed by atoms with van der Waals surface area (Å²) in [5, 5.41) is -0.266. The molecule has 124 valence electrons. The molecule has 5 heteroatoms. The van der Waals surface area contributed by atoms with Crippen LogP contribution >= 0.6 is 0 Å². The Morgan fingerprint density at radius 2 is 1.95 bits per heavy atom. The van der Waals surface area contributed by atoms with E-state index in [1.807, 2.05) is 12.1 Å². The van der Waals surface area contributed by atoms with E-state index in [4.69, 9.17) is 4.74 Å². The van der Waals surface area contributed by atoms with Gasteiger partial charge in [-0.05, 0) is 63.4 Å². The summed E-state index contributed by atoms with van der Waals surface area (Å²) >= 11 is 0. The molecule has 1 aromatic rings. The maximum atomic E-state index is 11.8. The normalized spacial score (nSPS) is 19.7. The minimum absolute atomic E-state index is 0.266. The smallest absolute Gasteiger partial charge is 0.152 e. The van der Waals surface area contributed by atoms with Crippen LogP contribution < -0.4 is 4.74 Å². The van der Waals surface area contributed by atoms with Gasteiger partial charge < -0.3 is 9.64 Å². The Morgan fingerprint density at radius 1 is 1.27 bits per heavy atom. The molecule has 1 aromatic carbocycles. The molecule has 0 amide bonds. The van der Waals surface area contributed by atoms with E-state index in [0.717, 1.165) is 38.2 Å². The summed E-state index contributed by atoms with van der Waals surface area (Å²) in [6.07, 6.45) is 1.87. The Kier molecular flexibility index (Phi) is 5.87. The molecule has 0 unspecified atom stereocenters. The third kappa shape index (κ3) is 4.46. The lowest BCUT2D eigenvalue weighted by atomic mass is 9.98. The van der Waals surface area contributed by atoms with Crippen LogP contribution in [0.25, 0.3) is 0 Å². The van der Waals surface area contributed by atoms with E-state index in [1.165, 1.54) is 5.56 Å². The van der Waals surface area contributed by atoms with Gasteiger partial charge in [-0.2, -0.15) is 0 Å². The number of nitrogens with zero attached hydrogens (tertiary/aromatic N) is 1. The van der Waals surface area contributed by atoms with Gasteiger partial charge >= 0.3 is 0 Å². The standard InChI is InChI=1S/C17H27NO3S/c1-14(2)22(19,20)12-4-10-18-11-9-16(13-18)15-5-7-17(21-3)8-6-15/h5-8,14,16H,4,9-13H2,1-3H3/t16-/m1/s1. The maximum Gasteiger partial charge on any atom is 0.152 e. The van der Waals surface area contributed by atoms with Gasteiger partial charge in [-0.15, -0.1) is 0 Å². The van der Waals surface area contributed by atoms with Gasteiger partial charge in [0.25, 0.3) is 0 Å². The lowest BCUT2D eigenvalue weighted by molar-refractivity contribution is 0.335. The molecule has 1 heterocycles. The molecule has 1 atom stereocenters. The first kappa shape index (κ1) is 17.3. The molecule has 0 radical (unpaired) electrons. The van der Waals surface area contributed by atoms with E-state index in [1.54, 1.807) is 21.0 Å². The Bertz CT molecular complexity index is 566. The van der Waals surface area contributed by atoms with E-state index >= 15 is 0 Å². The molecule has 2 rings (SSSR count). The summed E-state index contributed by atoms with van der Waals surface area (Å²) in [5.74, 6) is 1.74. The average Bonchev–Trinajstić information content (AvgIpc) is 2.96. The quantitative estimate of drug-likeness (QED) is 0.773. The molecule has 0 bridgehead atoms. The lowest BCUT2D eigenvalue weighted by Crippen LogP contribution is -2.25. The monoisotopic (exact) mass is 325 g/mol. The van der Waals surface area contributed by atoms with E-state index in [0.29, 0.717) is 11.7 Å². The van der Waals surface area contributed by atoms with Crippen molar-refractivity contribution in [2.45, 2.75) is 37.9 Å². The van der Waals surface area contributed by atoms with E-state index in [2.05, 4.69) is 17.0 Å². The first-order valence-corrected chi connectivity index (χ1v) is 9.72. The van der Waals surface area contributed by atoms with Gasteiger partial charge in [0.15, 0.2) is 9.84 Å². The predicted octanol–water partition coefficient (Wildman–Crippen LogP) is 2.70. The summed E-state index contributed by atoms with van der Waals surface area (Å²) < 4.78 is 28.8. The van der Waals surface area contributed by atoms with Crippen LogP contribution in [0.1, 0.15) is 38.2 Å². The highest BCUT2D eigenvalue weighted by Crippen LogP contribution is 2.28. The highest BCUT2D eigenvalue weighted by Gasteiger charge is 2.24. The molecule has 1 aliphatic heterocycles. The number of hydrogen-bond donors (Lipinski definition) is 0. The second kappa shape index (κ2) is 7.47. The van der Waals surface area contributed by atoms with Crippen LogP contribution in [0, 0.1) is 0 Å². The number of benzene rings is 1. The third-order valence-corrected chi connectivity index (χ3v) is 6.78. The van der Waals surface area contributed by atoms with Gasteiger partial charge in [0.1, 0.15) is 5.75 Å². The van der Waals surface area contributed by atoms with Gasteiger partial charge in [-0.25, -0.2) is 8.42 Å². The van der Waals surface area contributed by atoms with Crippen LogP contribution in [-0.4, -0.2) is 51.1 Å². The molecular formula is C17H27NO3S. The zero-order valence-corrected chi connectivity index (χ0v) is 14.6. The fraction of sp³-hybridized carbons (Fsp3) is 0.647. The van der Waals surface area contributed by atoms with Crippen molar-refractivity contribution in [1.29, 1.82) is 0 Å². The molecular weight excluding hydrogens is 298 g/mol. The van der Waals surface area contributed by atoms with Crippen LogP contribution in [0.15, 0.2) is 24.3 Å². The summed E-state index contributed by atoms with van der Waals surface area (Å²) in [4.78, 5) is 2.38. The van der Waals surface area contributed by atoms with Gasteiger partial charge in [-0.3, -0.25) is 0 Å². The lowest BCUT2D eigenvalue weighted by Gasteiger charge is -2.16. The van der Waals surface area contributed by atoms with Crippen molar-refractivity contribution < 1.29 is 13.2 Å². The molecule has 0 saturated carbocycles. The second-order valence-corrected chi connectivity index (χ2v) is 9.01. The fourth-order valence-electron chi connectivity index (χ4n) is 2.91. The number of rotatable bonds is 7. The first-order valence-electron chi connectivity index (χ1n) is 8.00. The summed E-state index contributed by atoms with van der Waals surface area (Å²) in [7, 11) is -1.23. The average molecular weight is 325 g/mol. The molecule has 22 heavy (non-hydrogen) atoms. The van der Waals surface area contributed by atoms with Gasteiger partial charge in [0, 0.05) is 6.54 Å². The van der Waals surface area contributed by atoms with E-state index < -0.39 is 9.84 Å². The molecule has 1 fully saturated rings. The number of likely N-dealkylation sites (tertiary alicyclic amines) is 1. The van der Waals surface area contributed by atoms with Crippen molar-refractivity contribution in [2.24, 2.45) is 0 Å². The van der Waals surface area contributed by atoms with Crippen LogP contribution in [-0.2, 0) is 9.84 Å². The first-order chi connectivity index (χ1) is 10.4. The second-order valence-electron chi connectivity index (χ2n) is 6.33. The van der Waals surface area contributed by atoms with Gasteiger partial charge in [0.2, 0.25) is 0 Å². The van der Waals surface area contributed by atoms with Crippen LogP contribution in [0.3, 0.4) is 0 Å². The Hall–Kier alpha value is -1.07. The number of methoxy groups -OCH3 is 1. The maximum absolute atomic E-state index is 11.8. The van der Waals surface area contributed by atoms with E-state index in [9.17, 15) is 8.42 Å². The molecule has 1 saturated heterocycles. The molecule has 0 N–H and O–H groups in total. The molecule has 4 nitrogen and oxygen atoms in total. The minimum Gasteiger partial charge on any atom is -0.497 e. The minimum atomic E-state index is -2.90. The highest BCUT2D eigenvalue weighted by atomic mass is 32.2. The fourth-order valence-corrected chi connectivity index (χ4v) is 3.91. The van der Waals surface area contributed by atoms with Crippen LogP contribution in [0.5, 0.6) is 5.75 Å². The summed E-state index contributed by atoms with van der Waals surface area (Å²) in [6.45, 7) is 6.46. The summed E-state index contributed by atoms with van der Waals surface area (Å²) in [5.41, 5.74) is 1.35. The SMILES string of the molecule is COc1ccc([C@@H]2CCN(CCCS(=O)(=O)C(C)C)C2)cc1. The number of ether oxygens (including phenoxy) is 1. The zero-order chi connectivity index (χ0) is 16.2. The Balaban J connectivity index is 1.80. The van der Waals surface area contributed by atoms with Gasteiger partial charge in [0.05, 0.1) is 18.1 Å². The number of sulfone groups is 1. The van der Waals surface area contributed by atoms with Crippen molar-refractivity contribution in [3.05, 3.63) is 29.8 Å². The van der Waals surface area contributed by atoms with Crippen molar-refractivity contribution in [1.82, 2.24) is 4.90 Å². The van der Waals surface area contributed by atoms with Crippen molar-refractivity contribution in [3.8, 4) is 5.75 Å².